The van der Waals surface area contributed by atoms with Crippen LogP contribution in [0.15, 0.2) is 18.3 Å². The number of amides is 2. The molecule has 0 radical (unpaired) electrons. The van der Waals surface area contributed by atoms with Crippen LogP contribution in [0.1, 0.15) is 26.7 Å². The van der Waals surface area contributed by atoms with Gasteiger partial charge in [0.2, 0.25) is 0 Å². The molecule has 1 atom stereocenters. The molecule has 18 heavy (non-hydrogen) atoms. The third-order valence-electron chi connectivity index (χ3n) is 2.84. The number of rotatable bonds is 5. The highest BCUT2D eigenvalue weighted by atomic mass is 35.5. The summed E-state index contributed by atoms with van der Waals surface area (Å²) in [6, 6.07) is 2.95. The number of nitrogens with one attached hydrogen (secondary N) is 2. The molecule has 0 aromatic carbocycles. The highest BCUT2D eigenvalue weighted by Crippen LogP contribution is 2.15. The summed E-state index contributed by atoms with van der Waals surface area (Å²) in [7, 11) is 0. The SMILES string of the molecule is CCC(C)(CCO)NC(=O)Nc1ccc(Cl)nc1. The van der Waals surface area contributed by atoms with E-state index >= 15 is 0 Å². The Bertz CT molecular complexity index is 397. The number of aliphatic hydroxyl groups excluding tert-OH is 1. The zero-order chi connectivity index (χ0) is 13.6. The minimum atomic E-state index is -0.418. The Kier molecular flexibility index (Phi) is 5.37. The van der Waals surface area contributed by atoms with Crippen molar-refractivity contribution < 1.29 is 9.90 Å². The van der Waals surface area contributed by atoms with Crippen LogP contribution >= 0.6 is 11.6 Å². The van der Waals surface area contributed by atoms with Gasteiger partial charge in [-0.15, -0.1) is 0 Å². The first-order chi connectivity index (χ1) is 8.49. The van der Waals surface area contributed by atoms with Gasteiger partial charge in [-0.05, 0) is 31.9 Å². The Labute approximate surface area is 112 Å². The highest BCUT2D eigenvalue weighted by molar-refractivity contribution is 6.29. The van der Waals surface area contributed by atoms with Gasteiger partial charge in [-0.3, -0.25) is 0 Å². The molecule has 0 saturated heterocycles. The van der Waals surface area contributed by atoms with E-state index in [1.165, 1.54) is 6.20 Å². The van der Waals surface area contributed by atoms with Crippen molar-refractivity contribution in [3.05, 3.63) is 23.5 Å². The minimum Gasteiger partial charge on any atom is -0.396 e. The van der Waals surface area contributed by atoms with Gasteiger partial charge in [0.15, 0.2) is 0 Å². The first-order valence-corrected chi connectivity index (χ1v) is 6.18. The van der Waals surface area contributed by atoms with E-state index in [-0.39, 0.29) is 12.6 Å². The molecular weight excluding hydrogens is 254 g/mol. The zero-order valence-electron chi connectivity index (χ0n) is 10.5. The molecular formula is C12H18ClN3O2. The number of carbonyl (C=O) groups excluding carboxylic acids is 1. The van der Waals surface area contributed by atoms with Gasteiger partial charge in [0.25, 0.3) is 0 Å². The molecule has 0 fully saturated rings. The first-order valence-electron chi connectivity index (χ1n) is 5.80. The number of nitrogens with zero attached hydrogens (tertiary/aromatic N) is 1. The first kappa shape index (κ1) is 14.7. The summed E-state index contributed by atoms with van der Waals surface area (Å²) in [6.45, 7) is 3.88. The molecule has 3 N–H and O–H groups in total. The van der Waals surface area contributed by atoms with Crippen molar-refractivity contribution in [1.82, 2.24) is 10.3 Å². The van der Waals surface area contributed by atoms with E-state index in [4.69, 9.17) is 16.7 Å². The Balaban J connectivity index is 2.58. The van der Waals surface area contributed by atoms with Gasteiger partial charge >= 0.3 is 6.03 Å². The third kappa shape index (κ3) is 4.50. The van der Waals surface area contributed by atoms with Crippen LogP contribution in [-0.4, -0.2) is 28.3 Å². The summed E-state index contributed by atoms with van der Waals surface area (Å²) in [4.78, 5) is 15.7. The molecule has 1 aromatic rings. The lowest BCUT2D eigenvalue weighted by molar-refractivity contribution is 0.208. The molecule has 0 spiro atoms. The quantitative estimate of drug-likeness (QED) is 0.720. The molecule has 2 amide bonds. The van der Waals surface area contributed by atoms with Crippen molar-refractivity contribution in [3.63, 3.8) is 0 Å². The average Bonchev–Trinajstić information content (AvgIpc) is 2.32. The smallest absolute Gasteiger partial charge is 0.319 e. The molecule has 0 aliphatic carbocycles. The van der Waals surface area contributed by atoms with Crippen molar-refractivity contribution in [2.45, 2.75) is 32.2 Å². The summed E-state index contributed by atoms with van der Waals surface area (Å²) >= 11 is 5.65. The summed E-state index contributed by atoms with van der Waals surface area (Å²) in [5, 5.41) is 14.8. The van der Waals surface area contributed by atoms with E-state index in [1.807, 2.05) is 13.8 Å². The second kappa shape index (κ2) is 6.56. The number of aromatic nitrogens is 1. The Morgan fingerprint density at radius 2 is 2.28 bits per heavy atom. The molecule has 1 unspecified atom stereocenters. The third-order valence-corrected chi connectivity index (χ3v) is 3.07. The number of pyridine rings is 1. The second-order valence-electron chi connectivity index (χ2n) is 4.34. The second-order valence-corrected chi connectivity index (χ2v) is 4.72. The largest absolute Gasteiger partial charge is 0.396 e. The van der Waals surface area contributed by atoms with Gasteiger partial charge in [-0.25, -0.2) is 9.78 Å². The Morgan fingerprint density at radius 1 is 1.56 bits per heavy atom. The van der Waals surface area contributed by atoms with E-state index < -0.39 is 5.54 Å². The van der Waals surface area contributed by atoms with Crippen molar-refractivity contribution in [2.24, 2.45) is 0 Å². The summed E-state index contributed by atoms with van der Waals surface area (Å²) < 4.78 is 0. The lowest BCUT2D eigenvalue weighted by Gasteiger charge is -2.28. The Hall–Kier alpha value is -1.33. The molecule has 0 bridgehead atoms. The molecule has 0 saturated carbocycles. The van der Waals surface area contributed by atoms with Gasteiger partial charge in [-0.1, -0.05) is 18.5 Å². The molecule has 1 aromatic heterocycles. The predicted octanol–water partition coefficient (Wildman–Crippen LogP) is 2.41. The number of urea groups is 1. The fourth-order valence-corrected chi connectivity index (χ4v) is 1.57. The molecule has 0 aliphatic rings. The number of carbonyl (C=O) groups is 1. The number of hydrogen-bond donors (Lipinski definition) is 3. The van der Waals surface area contributed by atoms with E-state index in [0.717, 1.165) is 6.42 Å². The standard InChI is InChI=1S/C12H18ClN3O2/c1-3-12(2,6-7-17)16-11(18)15-9-4-5-10(13)14-8-9/h4-5,8,17H,3,6-7H2,1-2H3,(H2,15,16,18). The van der Waals surface area contributed by atoms with Crippen LogP contribution in [0, 0.1) is 0 Å². The van der Waals surface area contributed by atoms with Crippen molar-refractivity contribution in [1.29, 1.82) is 0 Å². The number of aliphatic hydroxyl groups is 1. The van der Waals surface area contributed by atoms with Crippen molar-refractivity contribution in [2.75, 3.05) is 11.9 Å². The minimum absolute atomic E-state index is 0.0348. The van der Waals surface area contributed by atoms with Crippen molar-refractivity contribution >= 4 is 23.3 Å². The topological polar surface area (TPSA) is 74.2 Å². The van der Waals surface area contributed by atoms with Gasteiger partial charge in [0, 0.05) is 12.1 Å². The number of anilines is 1. The van der Waals surface area contributed by atoms with E-state index in [0.29, 0.717) is 17.3 Å². The average molecular weight is 272 g/mol. The Morgan fingerprint density at radius 3 is 2.78 bits per heavy atom. The van der Waals surface area contributed by atoms with Gasteiger partial charge < -0.3 is 15.7 Å². The normalized spacial score (nSPS) is 13.8. The maximum Gasteiger partial charge on any atom is 0.319 e. The van der Waals surface area contributed by atoms with Crippen LogP contribution in [0.25, 0.3) is 0 Å². The van der Waals surface area contributed by atoms with E-state index in [9.17, 15) is 4.79 Å². The van der Waals surface area contributed by atoms with E-state index in [1.54, 1.807) is 12.1 Å². The molecule has 5 nitrogen and oxygen atoms in total. The van der Waals surface area contributed by atoms with Gasteiger partial charge in [-0.2, -0.15) is 0 Å². The van der Waals surface area contributed by atoms with Gasteiger partial charge in [0.1, 0.15) is 5.15 Å². The number of halogens is 1. The summed E-state index contributed by atoms with van der Waals surface area (Å²) in [6.07, 6.45) is 2.73. The van der Waals surface area contributed by atoms with Crippen LogP contribution in [0.5, 0.6) is 0 Å². The van der Waals surface area contributed by atoms with Crippen molar-refractivity contribution in [3.8, 4) is 0 Å². The lowest BCUT2D eigenvalue weighted by atomic mass is 9.95. The maximum atomic E-state index is 11.8. The van der Waals surface area contributed by atoms with E-state index in [2.05, 4.69) is 15.6 Å². The van der Waals surface area contributed by atoms with Crippen LogP contribution < -0.4 is 10.6 Å². The summed E-state index contributed by atoms with van der Waals surface area (Å²) in [5.41, 5.74) is 0.151. The fourth-order valence-electron chi connectivity index (χ4n) is 1.46. The molecule has 1 rings (SSSR count). The highest BCUT2D eigenvalue weighted by Gasteiger charge is 2.23. The molecule has 1 heterocycles. The number of hydrogen-bond acceptors (Lipinski definition) is 3. The lowest BCUT2D eigenvalue weighted by Crippen LogP contribution is -2.48. The maximum absolute atomic E-state index is 11.8. The molecule has 0 aliphatic heterocycles. The predicted molar refractivity (Wildman–Crippen MR) is 71.8 cm³/mol. The molecule has 6 heteroatoms. The summed E-state index contributed by atoms with van der Waals surface area (Å²) in [5.74, 6) is 0. The fraction of sp³-hybridized carbons (Fsp3) is 0.500. The van der Waals surface area contributed by atoms with Crippen LogP contribution in [-0.2, 0) is 0 Å². The van der Waals surface area contributed by atoms with Gasteiger partial charge in [0.05, 0.1) is 11.9 Å². The monoisotopic (exact) mass is 271 g/mol. The zero-order valence-corrected chi connectivity index (χ0v) is 11.3. The molecule has 100 valence electrons. The van der Waals surface area contributed by atoms with Crippen LogP contribution in [0.3, 0.4) is 0 Å². The van der Waals surface area contributed by atoms with Crippen LogP contribution in [0.4, 0.5) is 10.5 Å². The van der Waals surface area contributed by atoms with Crippen LogP contribution in [0.2, 0.25) is 5.15 Å².